The summed E-state index contributed by atoms with van der Waals surface area (Å²) in [6.45, 7) is 5.33. The highest BCUT2D eigenvalue weighted by Gasteiger charge is 2.33. The maximum atomic E-state index is 13.2. The molecule has 0 aromatic carbocycles. The molecule has 88 valence electrons. The number of anilines is 1. The van der Waals surface area contributed by atoms with E-state index in [9.17, 15) is 9.18 Å². The minimum absolute atomic E-state index is 0.221. The number of carbonyl (C=O) groups is 1. The van der Waals surface area contributed by atoms with E-state index in [1.54, 1.807) is 20.8 Å². The normalized spacial score (nSPS) is 13.5. The van der Waals surface area contributed by atoms with Crippen LogP contribution in [0, 0.1) is 11.2 Å². The van der Waals surface area contributed by atoms with Crippen LogP contribution in [0.5, 0.6) is 0 Å². The van der Waals surface area contributed by atoms with Gasteiger partial charge in [0.25, 0.3) is 0 Å². The van der Waals surface area contributed by atoms with Crippen molar-refractivity contribution in [2.24, 2.45) is 5.41 Å². The van der Waals surface area contributed by atoms with Crippen molar-refractivity contribution in [3.05, 3.63) is 23.6 Å². The van der Waals surface area contributed by atoms with Crippen molar-refractivity contribution in [1.29, 1.82) is 0 Å². The molecule has 5 heteroatoms. The lowest BCUT2D eigenvalue weighted by molar-refractivity contribution is -0.141. The van der Waals surface area contributed by atoms with Crippen molar-refractivity contribution in [3.63, 3.8) is 0 Å². The third-order valence-corrected chi connectivity index (χ3v) is 2.34. The van der Waals surface area contributed by atoms with E-state index in [-0.39, 0.29) is 5.82 Å². The molecule has 1 aromatic heterocycles. The minimum Gasteiger partial charge on any atom is -0.481 e. The lowest BCUT2D eigenvalue weighted by Gasteiger charge is -2.27. The van der Waals surface area contributed by atoms with Crippen LogP contribution in [0.2, 0.25) is 0 Å². The molecule has 0 amide bonds. The highest BCUT2D eigenvalue weighted by Crippen LogP contribution is 2.35. The highest BCUT2D eigenvalue weighted by atomic mass is 19.1. The summed E-state index contributed by atoms with van der Waals surface area (Å²) in [7, 11) is 0. The molecular formula is C11H15FN2O2. The van der Waals surface area contributed by atoms with Crippen LogP contribution >= 0.6 is 0 Å². The molecule has 0 aliphatic rings. The number of carboxylic acid groups (broad SMARTS) is 1. The molecule has 1 unspecified atom stereocenters. The Morgan fingerprint density at radius 3 is 2.50 bits per heavy atom. The van der Waals surface area contributed by atoms with Gasteiger partial charge in [-0.1, -0.05) is 20.8 Å². The van der Waals surface area contributed by atoms with Crippen LogP contribution in [-0.2, 0) is 4.79 Å². The van der Waals surface area contributed by atoms with Crippen LogP contribution < -0.4 is 5.73 Å². The van der Waals surface area contributed by atoms with Gasteiger partial charge in [-0.3, -0.25) is 4.79 Å². The van der Waals surface area contributed by atoms with Crippen molar-refractivity contribution in [2.75, 3.05) is 5.73 Å². The molecule has 1 heterocycles. The van der Waals surface area contributed by atoms with Gasteiger partial charge in [0.2, 0.25) is 0 Å². The summed E-state index contributed by atoms with van der Waals surface area (Å²) in [6, 6.07) is 1.13. The Balaban J connectivity index is 3.22. The van der Waals surface area contributed by atoms with E-state index in [1.165, 1.54) is 6.20 Å². The molecule has 0 saturated carbocycles. The van der Waals surface area contributed by atoms with Crippen LogP contribution in [0.15, 0.2) is 12.3 Å². The second-order valence-corrected chi connectivity index (χ2v) is 4.77. The fourth-order valence-electron chi connectivity index (χ4n) is 1.63. The van der Waals surface area contributed by atoms with Crippen molar-refractivity contribution in [2.45, 2.75) is 26.7 Å². The predicted molar refractivity (Wildman–Crippen MR) is 58.4 cm³/mol. The third kappa shape index (κ3) is 2.48. The Labute approximate surface area is 93.3 Å². The monoisotopic (exact) mass is 226 g/mol. The molecule has 0 fully saturated rings. The van der Waals surface area contributed by atoms with Crippen LogP contribution in [-0.4, -0.2) is 16.1 Å². The van der Waals surface area contributed by atoms with E-state index in [4.69, 9.17) is 10.8 Å². The molecule has 1 aromatic rings. The fraction of sp³-hybridized carbons (Fsp3) is 0.455. The largest absolute Gasteiger partial charge is 0.481 e. The molecule has 3 N–H and O–H groups in total. The number of nitrogens with two attached hydrogens (primary N) is 1. The van der Waals surface area contributed by atoms with Gasteiger partial charge in [0, 0.05) is 6.20 Å². The summed E-state index contributed by atoms with van der Waals surface area (Å²) in [5.74, 6) is -2.72. The molecule has 0 saturated heterocycles. The van der Waals surface area contributed by atoms with Crippen LogP contribution in [0.4, 0.5) is 10.2 Å². The Kier molecular flexibility index (Phi) is 3.16. The van der Waals surface area contributed by atoms with E-state index < -0.39 is 23.1 Å². The molecular weight excluding hydrogens is 211 g/mol. The second-order valence-electron chi connectivity index (χ2n) is 4.77. The van der Waals surface area contributed by atoms with Crippen molar-refractivity contribution in [3.8, 4) is 0 Å². The molecule has 0 radical (unpaired) electrons. The van der Waals surface area contributed by atoms with Gasteiger partial charge in [-0.15, -0.1) is 0 Å². The van der Waals surface area contributed by atoms with E-state index in [1.807, 2.05) is 0 Å². The Morgan fingerprint density at radius 2 is 2.12 bits per heavy atom. The lowest BCUT2D eigenvalue weighted by atomic mass is 9.77. The number of rotatable bonds is 2. The van der Waals surface area contributed by atoms with Crippen LogP contribution in [0.3, 0.4) is 0 Å². The number of hydrogen-bond acceptors (Lipinski definition) is 3. The number of carboxylic acids is 1. The summed E-state index contributed by atoms with van der Waals surface area (Å²) < 4.78 is 13.2. The number of hydrogen-bond donors (Lipinski definition) is 2. The summed E-state index contributed by atoms with van der Waals surface area (Å²) in [6.07, 6.45) is 1.31. The Bertz CT molecular complexity index is 413. The zero-order valence-corrected chi connectivity index (χ0v) is 9.49. The number of aliphatic carboxylic acids is 1. The molecule has 1 atom stereocenters. The SMILES string of the molecule is CC(C)(C)C(C(=O)O)c1cnc(N)c(F)c1. The predicted octanol–water partition coefficient (Wildman–Crippen LogP) is 2.02. The quantitative estimate of drug-likeness (QED) is 0.808. The van der Waals surface area contributed by atoms with Crippen LogP contribution in [0.25, 0.3) is 0 Å². The number of aromatic nitrogens is 1. The number of nitrogen functional groups attached to an aromatic ring is 1. The third-order valence-electron chi connectivity index (χ3n) is 2.34. The summed E-state index contributed by atoms with van der Waals surface area (Å²) >= 11 is 0. The molecule has 1 rings (SSSR count). The first-order valence-electron chi connectivity index (χ1n) is 4.87. The second kappa shape index (κ2) is 4.08. The first kappa shape index (κ1) is 12.4. The molecule has 0 aliphatic carbocycles. The first-order chi connectivity index (χ1) is 7.23. The van der Waals surface area contributed by atoms with Crippen molar-refractivity contribution >= 4 is 11.8 Å². The minimum atomic E-state index is -1.00. The number of pyridine rings is 1. The van der Waals surface area contributed by atoms with Gasteiger partial charge in [0.15, 0.2) is 11.6 Å². The van der Waals surface area contributed by atoms with Gasteiger partial charge in [-0.05, 0) is 17.0 Å². The van der Waals surface area contributed by atoms with Gasteiger partial charge >= 0.3 is 5.97 Å². The van der Waals surface area contributed by atoms with Crippen molar-refractivity contribution < 1.29 is 14.3 Å². The zero-order valence-electron chi connectivity index (χ0n) is 9.49. The maximum Gasteiger partial charge on any atom is 0.311 e. The Hall–Kier alpha value is -1.65. The molecule has 4 nitrogen and oxygen atoms in total. The van der Waals surface area contributed by atoms with E-state index in [2.05, 4.69) is 4.98 Å². The lowest BCUT2D eigenvalue weighted by Crippen LogP contribution is -2.26. The van der Waals surface area contributed by atoms with Crippen molar-refractivity contribution in [1.82, 2.24) is 4.98 Å². The molecule has 16 heavy (non-hydrogen) atoms. The van der Waals surface area contributed by atoms with Crippen LogP contribution in [0.1, 0.15) is 32.3 Å². The number of halogens is 1. The molecule has 0 bridgehead atoms. The van der Waals surface area contributed by atoms with Gasteiger partial charge < -0.3 is 10.8 Å². The summed E-state index contributed by atoms with van der Waals surface area (Å²) in [5.41, 5.74) is 5.05. The average molecular weight is 226 g/mol. The topological polar surface area (TPSA) is 76.2 Å². The number of nitrogens with zero attached hydrogens (tertiary/aromatic N) is 1. The van der Waals surface area contributed by atoms with E-state index >= 15 is 0 Å². The first-order valence-corrected chi connectivity index (χ1v) is 4.87. The smallest absolute Gasteiger partial charge is 0.311 e. The zero-order chi connectivity index (χ0) is 12.5. The van der Waals surface area contributed by atoms with Gasteiger partial charge in [0.1, 0.15) is 0 Å². The summed E-state index contributed by atoms with van der Waals surface area (Å²) in [4.78, 5) is 14.8. The summed E-state index contributed by atoms with van der Waals surface area (Å²) in [5, 5.41) is 9.14. The van der Waals surface area contributed by atoms with Gasteiger partial charge in [-0.25, -0.2) is 9.37 Å². The fourth-order valence-corrected chi connectivity index (χ4v) is 1.63. The Morgan fingerprint density at radius 1 is 1.56 bits per heavy atom. The molecule has 0 spiro atoms. The van der Waals surface area contributed by atoms with Gasteiger partial charge in [-0.2, -0.15) is 0 Å². The van der Waals surface area contributed by atoms with E-state index in [0.29, 0.717) is 5.56 Å². The molecule has 0 aliphatic heterocycles. The highest BCUT2D eigenvalue weighted by molar-refractivity contribution is 5.77. The maximum absolute atomic E-state index is 13.2. The van der Waals surface area contributed by atoms with E-state index in [0.717, 1.165) is 6.07 Å². The van der Waals surface area contributed by atoms with Gasteiger partial charge in [0.05, 0.1) is 5.92 Å². The average Bonchev–Trinajstić information content (AvgIpc) is 2.08. The standard InChI is InChI=1S/C11H15FN2O2/c1-11(2,3)8(10(15)16)6-4-7(12)9(13)14-5-6/h4-5,8H,1-3H3,(H2,13,14)(H,15,16).